The van der Waals surface area contributed by atoms with Crippen molar-refractivity contribution in [3.8, 4) is 5.88 Å². The fourth-order valence-electron chi connectivity index (χ4n) is 5.63. The third-order valence-electron chi connectivity index (χ3n) is 7.85. The number of ether oxygens (including phenoxy) is 1. The zero-order valence-electron chi connectivity index (χ0n) is 24.6. The molecule has 0 spiro atoms. The van der Waals surface area contributed by atoms with Crippen molar-refractivity contribution in [2.45, 2.75) is 13.5 Å². The van der Waals surface area contributed by atoms with Gasteiger partial charge in [0.1, 0.15) is 0 Å². The molecule has 1 N–H and O–H groups in total. The minimum absolute atomic E-state index is 0.0816. The molecule has 0 radical (unpaired) electrons. The van der Waals surface area contributed by atoms with Crippen LogP contribution in [0.2, 0.25) is 0 Å². The van der Waals surface area contributed by atoms with Crippen molar-refractivity contribution in [1.82, 2.24) is 14.4 Å². The Balaban J connectivity index is 1.24. The number of fused-ring (bicyclic) bond motifs is 1. The SMILES string of the molecule is CCOC(=O)n1c(O)c(C(=Nc2ccc(CN3CCN(C(=O)c4ccccc4)CC3)cc2)c2ccccc2)c2ccccc21. The molecule has 1 aliphatic rings. The van der Waals surface area contributed by atoms with Gasteiger partial charge in [-0.1, -0.05) is 78.9 Å². The van der Waals surface area contributed by atoms with Crippen LogP contribution in [0.25, 0.3) is 10.9 Å². The summed E-state index contributed by atoms with van der Waals surface area (Å²) in [7, 11) is 0. The standard InChI is InChI=1S/C36H34N4O4/c1-2-44-36(43)40-31-16-10-9-15-30(31)32(35(40)42)33(27-11-5-3-6-12-27)37-29-19-17-26(18-20-29)25-38-21-23-39(24-22-38)34(41)28-13-7-4-8-14-28/h3-20,42H,2,21-25H2,1H3. The molecule has 4 aromatic carbocycles. The number of aliphatic imine (C=N–C) groups is 1. The molecule has 0 aliphatic carbocycles. The van der Waals surface area contributed by atoms with Crippen LogP contribution in [-0.4, -0.2) is 70.0 Å². The number of para-hydroxylation sites is 1. The smallest absolute Gasteiger partial charge is 0.421 e. The number of piperazine rings is 1. The third-order valence-corrected chi connectivity index (χ3v) is 7.85. The molecule has 8 heteroatoms. The molecule has 2 heterocycles. The Morgan fingerprint density at radius 3 is 2.05 bits per heavy atom. The second kappa shape index (κ2) is 13.0. The summed E-state index contributed by atoms with van der Waals surface area (Å²) < 4.78 is 6.45. The fraction of sp³-hybridized carbons (Fsp3) is 0.194. The summed E-state index contributed by atoms with van der Waals surface area (Å²) in [5, 5.41) is 12.1. The molecule has 1 aliphatic heterocycles. The number of hydrogen-bond donors (Lipinski definition) is 1. The number of aromatic hydroxyl groups is 1. The molecule has 0 atom stereocenters. The van der Waals surface area contributed by atoms with Gasteiger partial charge in [-0.05, 0) is 42.8 Å². The van der Waals surface area contributed by atoms with Crippen molar-refractivity contribution in [2.75, 3.05) is 32.8 Å². The zero-order chi connectivity index (χ0) is 30.5. The van der Waals surface area contributed by atoms with Crippen LogP contribution in [-0.2, 0) is 11.3 Å². The maximum atomic E-state index is 12.8. The number of nitrogens with zero attached hydrogens (tertiary/aromatic N) is 4. The van der Waals surface area contributed by atoms with Crippen LogP contribution in [0.5, 0.6) is 5.88 Å². The van der Waals surface area contributed by atoms with Crippen molar-refractivity contribution >= 4 is 34.3 Å². The Kier molecular flexibility index (Phi) is 8.52. The average Bonchev–Trinajstić information content (AvgIpc) is 3.36. The molecule has 222 valence electrons. The molecule has 1 amide bonds. The highest BCUT2D eigenvalue weighted by atomic mass is 16.5. The van der Waals surface area contributed by atoms with Gasteiger partial charge in [-0.2, -0.15) is 0 Å². The molecule has 0 saturated carbocycles. The predicted molar refractivity (Wildman–Crippen MR) is 172 cm³/mol. The van der Waals surface area contributed by atoms with Crippen molar-refractivity contribution in [3.05, 3.63) is 131 Å². The van der Waals surface area contributed by atoms with Crippen molar-refractivity contribution in [3.63, 3.8) is 0 Å². The predicted octanol–water partition coefficient (Wildman–Crippen LogP) is 6.48. The van der Waals surface area contributed by atoms with Gasteiger partial charge in [-0.15, -0.1) is 0 Å². The lowest BCUT2D eigenvalue weighted by atomic mass is 10.0. The maximum Gasteiger partial charge on any atom is 0.421 e. The molecule has 0 unspecified atom stereocenters. The van der Waals surface area contributed by atoms with Gasteiger partial charge in [-0.25, -0.2) is 14.4 Å². The molecule has 44 heavy (non-hydrogen) atoms. The van der Waals surface area contributed by atoms with Crippen molar-refractivity contribution in [2.24, 2.45) is 4.99 Å². The summed E-state index contributed by atoms with van der Waals surface area (Å²) in [5.41, 5.74) is 4.96. The number of aromatic nitrogens is 1. The first-order valence-electron chi connectivity index (χ1n) is 14.8. The first-order valence-corrected chi connectivity index (χ1v) is 14.8. The van der Waals surface area contributed by atoms with Crippen LogP contribution in [0.4, 0.5) is 10.5 Å². The highest BCUT2D eigenvalue weighted by Gasteiger charge is 2.26. The largest absolute Gasteiger partial charge is 0.494 e. The van der Waals surface area contributed by atoms with Gasteiger partial charge in [0, 0.05) is 49.2 Å². The lowest BCUT2D eigenvalue weighted by molar-refractivity contribution is 0.0628. The Morgan fingerprint density at radius 2 is 1.39 bits per heavy atom. The maximum absolute atomic E-state index is 12.8. The molecular weight excluding hydrogens is 552 g/mol. The quantitative estimate of drug-likeness (QED) is 0.221. The number of benzene rings is 4. The summed E-state index contributed by atoms with van der Waals surface area (Å²) >= 11 is 0. The number of hydrogen-bond acceptors (Lipinski definition) is 6. The monoisotopic (exact) mass is 586 g/mol. The summed E-state index contributed by atoms with van der Waals surface area (Å²) in [4.78, 5) is 34.9. The van der Waals surface area contributed by atoms with E-state index in [2.05, 4.69) is 17.0 Å². The van der Waals surface area contributed by atoms with Crippen LogP contribution in [0, 0.1) is 0 Å². The second-order valence-electron chi connectivity index (χ2n) is 10.7. The van der Waals surface area contributed by atoms with Crippen LogP contribution >= 0.6 is 0 Å². The molecule has 1 fully saturated rings. The Morgan fingerprint density at radius 1 is 0.773 bits per heavy atom. The molecule has 0 bridgehead atoms. The highest BCUT2D eigenvalue weighted by molar-refractivity contribution is 6.23. The molecule has 1 saturated heterocycles. The minimum Gasteiger partial charge on any atom is -0.494 e. The Bertz CT molecular complexity index is 1790. The van der Waals surface area contributed by atoms with E-state index in [4.69, 9.17) is 9.73 Å². The average molecular weight is 587 g/mol. The van der Waals surface area contributed by atoms with Crippen LogP contribution in [0.1, 0.15) is 34.0 Å². The third kappa shape index (κ3) is 5.98. The second-order valence-corrected chi connectivity index (χ2v) is 10.7. The summed E-state index contributed by atoms with van der Waals surface area (Å²) in [6.07, 6.45) is -0.644. The Labute approximate surface area is 256 Å². The van der Waals surface area contributed by atoms with E-state index in [1.807, 2.05) is 95.9 Å². The van der Waals surface area contributed by atoms with Gasteiger partial charge >= 0.3 is 6.09 Å². The number of carbonyl (C=O) groups excluding carboxylic acids is 2. The summed E-state index contributed by atoms with van der Waals surface area (Å²) in [6, 6.07) is 34.5. The number of rotatable bonds is 7. The van der Waals surface area contributed by atoms with Crippen molar-refractivity contribution < 1.29 is 19.4 Å². The van der Waals surface area contributed by atoms with Gasteiger partial charge in [0.05, 0.1) is 29.1 Å². The van der Waals surface area contributed by atoms with E-state index in [0.717, 1.165) is 42.0 Å². The van der Waals surface area contributed by atoms with E-state index in [-0.39, 0.29) is 18.4 Å². The normalized spacial score (nSPS) is 14.1. The fourth-order valence-corrected chi connectivity index (χ4v) is 5.63. The lowest BCUT2D eigenvalue weighted by Gasteiger charge is -2.34. The van der Waals surface area contributed by atoms with Gasteiger partial charge in [0.15, 0.2) is 0 Å². The van der Waals surface area contributed by atoms with E-state index in [1.165, 1.54) is 4.57 Å². The van der Waals surface area contributed by atoms with Gasteiger partial charge in [0.25, 0.3) is 5.91 Å². The van der Waals surface area contributed by atoms with E-state index in [0.29, 0.717) is 35.3 Å². The van der Waals surface area contributed by atoms with E-state index in [9.17, 15) is 14.7 Å². The number of amides is 1. The van der Waals surface area contributed by atoms with Gasteiger partial charge in [-0.3, -0.25) is 9.69 Å². The molecule has 6 rings (SSSR count). The minimum atomic E-state index is -0.644. The van der Waals surface area contributed by atoms with Gasteiger partial charge < -0.3 is 14.7 Å². The topological polar surface area (TPSA) is 87.4 Å². The molecular formula is C36H34N4O4. The van der Waals surface area contributed by atoms with Crippen molar-refractivity contribution in [1.29, 1.82) is 0 Å². The van der Waals surface area contributed by atoms with E-state index >= 15 is 0 Å². The highest BCUT2D eigenvalue weighted by Crippen LogP contribution is 2.35. The Hall–Kier alpha value is -5.21. The lowest BCUT2D eigenvalue weighted by Crippen LogP contribution is -2.48. The summed E-state index contributed by atoms with van der Waals surface area (Å²) in [5.74, 6) is -0.133. The number of carbonyl (C=O) groups is 2. The molecule has 5 aromatic rings. The summed E-state index contributed by atoms with van der Waals surface area (Å²) in [6.45, 7) is 5.69. The first-order chi connectivity index (χ1) is 21.5. The van der Waals surface area contributed by atoms with Crippen LogP contribution in [0.3, 0.4) is 0 Å². The van der Waals surface area contributed by atoms with Crippen LogP contribution < -0.4 is 0 Å². The molecule has 1 aromatic heterocycles. The van der Waals surface area contributed by atoms with E-state index < -0.39 is 6.09 Å². The molecule has 8 nitrogen and oxygen atoms in total. The van der Waals surface area contributed by atoms with Crippen LogP contribution in [0.15, 0.2) is 114 Å². The zero-order valence-corrected chi connectivity index (χ0v) is 24.6. The van der Waals surface area contributed by atoms with Gasteiger partial charge in [0.2, 0.25) is 5.88 Å². The first kappa shape index (κ1) is 28.9. The van der Waals surface area contributed by atoms with E-state index in [1.54, 1.807) is 13.0 Å².